The summed E-state index contributed by atoms with van der Waals surface area (Å²) in [6, 6.07) is 8.07. The third-order valence-corrected chi connectivity index (χ3v) is 5.10. The van der Waals surface area contributed by atoms with Crippen molar-refractivity contribution in [1.82, 2.24) is 4.98 Å². The average Bonchev–Trinajstić information content (AvgIpc) is 2.97. The van der Waals surface area contributed by atoms with Crippen molar-refractivity contribution >= 4 is 50.1 Å². The molecule has 1 fully saturated rings. The van der Waals surface area contributed by atoms with Crippen molar-refractivity contribution in [1.29, 1.82) is 0 Å². The molecule has 6 heteroatoms. The van der Waals surface area contributed by atoms with E-state index < -0.39 is 0 Å². The Bertz CT molecular complexity index is 573. The number of amides is 1. The Morgan fingerprint density at radius 2 is 2.33 bits per heavy atom. The lowest BCUT2D eigenvalue weighted by molar-refractivity contribution is -0.115. The molecular formula is C12H9BrN2OS2. The van der Waals surface area contributed by atoms with Crippen molar-refractivity contribution in [3.8, 4) is 0 Å². The van der Waals surface area contributed by atoms with Crippen molar-refractivity contribution < 1.29 is 4.79 Å². The summed E-state index contributed by atoms with van der Waals surface area (Å²) >= 11 is 6.60. The molecule has 0 N–H and O–H groups in total. The number of halogens is 1. The average molecular weight is 341 g/mol. The van der Waals surface area contributed by atoms with Crippen LogP contribution in [0.25, 0.3) is 0 Å². The number of nitrogens with zero attached hydrogens (tertiary/aromatic N) is 2. The topological polar surface area (TPSA) is 33.2 Å². The zero-order valence-corrected chi connectivity index (χ0v) is 12.5. The Morgan fingerprint density at radius 1 is 1.44 bits per heavy atom. The molecule has 2 heterocycles. The van der Waals surface area contributed by atoms with Crippen LogP contribution in [0.2, 0.25) is 0 Å². The fourth-order valence-electron chi connectivity index (χ4n) is 1.87. The second-order valence-corrected chi connectivity index (χ2v) is 6.65. The van der Waals surface area contributed by atoms with Gasteiger partial charge in [-0.25, -0.2) is 4.98 Å². The first-order chi connectivity index (χ1) is 8.75. The van der Waals surface area contributed by atoms with E-state index in [0.717, 1.165) is 15.2 Å². The Labute approximate surface area is 121 Å². The lowest BCUT2D eigenvalue weighted by Gasteiger charge is -2.21. The van der Waals surface area contributed by atoms with Crippen LogP contribution in [0, 0.1) is 0 Å². The Morgan fingerprint density at radius 3 is 3.06 bits per heavy atom. The van der Waals surface area contributed by atoms with Crippen molar-refractivity contribution in [2.24, 2.45) is 0 Å². The van der Waals surface area contributed by atoms with Crippen molar-refractivity contribution in [3.05, 3.63) is 45.9 Å². The molecule has 1 aromatic heterocycles. The SMILES string of the molecule is O=C1CS[C@H](c2cccc(Br)c2)N1c1nccs1. The molecule has 1 aromatic carbocycles. The number of carbonyl (C=O) groups is 1. The summed E-state index contributed by atoms with van der Waals surface area (Å²) in [4.78, 5) is 18.0. The molecule has 0 aliphatic carbocycles. The van der Waals surface area contributed by atoms with Crippen LogP contribution < -0.4 is 4.90 Å². The minimum Gasteiger partial charge on any atom is -0.273 e. The van der Waals surface area contributed by atoms with Gasteiger partial charge in [0, 0.05) is 16.0 Å². The highest BCUT2D eigenvalue weighted by atomic mass is 79.9. The molecule has 1 atom stereocenters. The highest BCUT2D eigenvalue weighted by Crippen LogP contribution is 2.42. The van der Waals surface area contributed by atoms with Gasteiger partial charge in [0.15, 0.2) is 5.13 Å². The van der Waals surface area contributed by atoms with Gasteiger partial charge in [0.25, 0.3) is 0 Å². The molecule has 3 rings (SSSR count). The first kappa shape index (κ1) is 12.2. The van der Waals surface area contributed by atoms with Gasteiger partial charge in [-0.1, -0.05) is 28.1 Å². The van der Waals surface area contributed by atoms with Crippen LogP contribution in [0.1, 0.15) is 10.9 Å². The number of anilines is 1. The van der Waals surface area contributed by atoms with Crippen molar-refractivity contribution in [3.63, 3.8) is 0 Å². The molecule has 3 nitrogen and oxygen atoms in total. The molecule has 1 aliphatic heterocycles. The number of benzene rings is 1. The molecule has 0 unspecified atom stereocenters. The van der Waals surface area contributed by atoms with E-state index in [9.17, 15) is 4.79 Å². The predicted molar refractivity (Wildman–Crippen MR) is 78.9 cm³/mol. The van der Waals surface area contributed by atoms with Gasteiger partial charge in [-0.2, -0.15) is 0 Å². The first-order valence-electron chi connectivity index (χ1n) is 5.34. The zero-order chi connectivity index (χ0) is 12.5. The highest BCUT2D eigenvalue weighted by molar-refractivity contribution is 9.10. The maximum Gasteiger partial charge on any atom is 0.240 e. The molecule has 1 saturated heterocycles. The lowest BCUT2D eigenvalue weighted by atomic mass is 10.2. The van der Waals surface area contributed by atoms with Crippen LogP contribution in [0.15, 0.2) is 40.3 Å². The second-order valence-electron chi connectivity index (χ2n) is 3.80. The maximum absolute atomic E-state index is 12.0. The minimum absolute atomic E-state index is 0.0288. The fourth-order valence-corrected chi connectivity index (χ4v) is 4.19. The van der Waals surface area contributed by atoms with Gasteiger partial charge in [-0.3, -0.25) is 9.69 Å². The van der Waals surface area contributed by atoms with Gasteiger partial charge in [0.05, 0.1) is 5.75 Å². The van der Waals surface area contributed by atoms with Crippen LogP contribution in [0.5, 0.6) is 0 Å². The summed E-state index contributed by atoms with van der Waals surface area (Å²) in [5, 5.41) is 2.69. The van der Waals surface area contributed by atoms with E-state index in [-0.39, 0.29) is 11.3 Å². The number of carbonyl (C=O) groups excluding carboxylic acids is 1. The molecule has 1 amide bonds. The van der Waals surface area contributed by atoms with E-state index in [1.54, 1.807) is 22.9 Å². The quantitative estimate of drug-likeness (QED) is 0.835. The monoisotopic (exact) mass is 340 g/mol. The van der Waals surface area contributed by atoms with Gasteiger partial charge in [-0.15, -0.1) is 23.1 Å². The number of hydrogen-bond donors (Lipinski definition) is 0. The Balaban J connectivity index is 1.99. The maximum atomic E-state index is 12.0. The van der Waals surface area contributed by atoms with Crippen molar-refractivity contribution in [2.75, 3.05) is 10.7 Å². The second kappa shape index (κ2) is 5.03. The predicted octanol–water partition coefficient (Wildman–Crippen LogP) is 3.68. The van der Waals surface area contributed by atoms with Crippen LogP contribution >= 0.6 is 39.0 Å². The summed E-state index contributed by atoms with van der Waals surface area (Å²) in [6.07, 6.45) is 1.73. The third kappa shape index (κ3) is 2.20. The van der Waals surface area contributed by atoms with E-state index in [1.807, 2.05) is 23.6 Å². The third-order valence-electron chi connectivity index (χ3n) is 2.63. The van der Waals surface area contributed by atoms with Gasteiger partial charge in [0.1, 0.15) is 5.37 Å². The molecule has 0 saturated carbocycles. The Hall–Kier alpha value is -0.850. The molecule has 2 aromatic rings. The van der Waals surface area contributed by atoms with Crippen LogP contribution in [0.3, 0.4) is 0 Å². The van der Waals surface area contributed by atoms with E-state index in [1.165, 1.54) is 11.3 Å². The highest BCUT2D eigenvalue weighted by Gasteiger charge is 2.35. The normalized spacial score (nSPS) is 19.5. The fraction of sp³-hybridized carbons (Fsp3) is 0.167. The summed E-state index contributed by atoms with van der Waals surface area (Å²) in [6.45, 7) is 0. The molecule has 0 bridgehead atoms. The smallest absolute Gasteiger partial charge is 0.240 e. The largest absolute Gasteiger partial charge is 0.273 e. The van der Waals surface area contributed by atoms with E-state index >= 15 is 0 Å². The molecule has 92 valence electrons. The first-order valence-corrected chi connectivity index (χ1v) is 8.06. The van der Waals surface area contributed by atoms with E-state index in [0.29, 0.717) is 5.75 Å². The van der Waals surface area contributed by atoms with Crippen molar-refractivity contribution in [2.45, 2.75) is 5.37 Å². The number of aromatic nitrogens is 1. The zero-order valence-electron chi connectivity index (χ0n) is 9.25. The van der Waals surface area contributed by atoms with Gasteiger partial charge in [0.2, 0.25) is 5.91 Å². The van der Waals surface area contributed by atoms with Gasteiger partial charge in [-0.05, 0) is 17.7 Å². The van der Waals surface area contributed by atoms with E-state index in [2.05, 4.69) is 27.0 Å². The summed E-state index contributed by atoms with van der Waals surface area (Å²) in [5.74, 6) is 0.636. The van der Waals surface area contributed by atoms with Crippen LogP contribution in [-0.4, -0.2) is 16.6 Å². The van der Waals surface area contributed by atoms with E-state index in [4.69, 9.17) is 0 Å². The van der Waals surface area contributed by atoms with Gasteiger partial charge >= 0.3 is 0 Å². The number of hydrogen-bond acceptors (Lipinski definition) is 4. The Kier molecular flexibility index (Phi) is 3.41. The summed E-state index contributed by atoms with van der Waals surface area (Å²) in [7, 11) is 0. The molecular weight excluding hydrogens is 332 g/mol. The number of rotatable bonds is 2. The van der Waals surface area contributed by atoms with Crippen LogP contribution in [-0.2, 0) is 4.79 Å². The molecule has 1 aliphatic rings. The summed E-state index contributed by atoms with van der Waals surface area (Å²) < 4.78 is 1.03. The van der Waals surface area contributed by atoms with Crippen LogP contribution in [0.4, 0.5) is 5.13 Å². The van der Waals surface area contributed by atoms with Gasteiger partial charge < -0.3 is 0 Å². The summed E-state index contributed by atoms with van der Waals surface area (Å²) in [5.41, 5.74) is 1.12. The number of thiazole rings is 1. The molecule has 18 heavy (non-hydrogen) atoms. The number of thioether (sulfide) groups is 1. The molecule has 0 spiro atoms. The lowest BCUT2D eigenvalue weighted by Crippen LogP contribution is -2.27. The standard InChI is InChI=1S/C12H9BrN2OS2/c13-9-3-1-2-8(6-9)11-15(10(16)7-18-11)12-14-4-5-17-12/h1-6,11H,7H2/t11-/m1/s1. The minimum atomic E-state index is 0.0288. The molecule has 0 radical (unpaired) electrons.